The van der Waals surface area contributed by atoms with Crippen LogP contribution in [0.4, 0.5) is 0 Å². The van der Waals surface area contributed by atoms with Gasteiger partial charge in [0.25, 0.3) is 0 Å². The molecule has 0 bridgehead atoms. The number of esters is 1. The maximum absolute atomic E-state index is 13.1. The Balaban J connectivity index is 1.57. The molecule has 2 aliphatic heterocycles. The van der Waals surface area contributed by atoms with E-state index < -0.39 is 0 Å². The van der Waals surface area contributed by atoms with Gasteiger partial charge in [-0.05, 0) is 36.5 Å². The minimum atomic E-state index is -0.286. The standard InChI is InChI=1S/C20H22O6/c1-3-12-6-14-18(8-17(12)26-11(2)21)23-9-15(20(14)22)13-4-5-16-19(7-13)25-10-24-16/h4-5,7,9,12,14,17-18H,3,6,8,10H2,1-2H3. The lowest BCUT2D eigenvalue weighted by Crippen LogP contribution is -2.46. The summed E-state index contributed by atoms with van der Waals surface area (Å²) in [6.07, 6.45) is 3.19. The second-order valence-electron chi connectivity index (χ2n) is 7.03. The predicted octanol–water partition coefficient (Wildman–Crippen LogP) is 3.09. The van der Waals surface area contributed by atoms with Crippen molar-refractivity contribution in [3.05, 3.63) is 30.0 Å². The van der Waals surface area contributed by atoms with Gasteiger partial charge in [-0.25, -0.2) is 0 Å². The van der Waals surface area contributed by atoms with Crippen LogP contribution in [0.3, 0.4) is 0 Å². The summed E-state index contributed by atoms with van der Waals surface area (Å²) in [5, 5.41) is 0. The van der Waals surface area contributed by atoms with Crippen LogP contribution in [0.5, 0.6) is 11.5 Å². The number of allylic oxidation sites excluding steroid dienone is 1. The predicted molar refractivity (Wildman–Crippen MR) is 92.5 cm³/mol. The third-order valence-corrected chi connectivity index (χ3v) is 5.48. The summed E-state index contributed by atoms with van der Waals surface area (Å²) in [5.41, 5.74) is 1.33. The Bertz CT molecular complexity index is 768. The molecule has 4 atom stereocenters. The number of rotatable bonds is 3. The molecule has 4 unspecified atom stereocenters. The zero-order chi connectivity index (χ0) is 18.3. The van der Waals surface area contributed by atoms with Crippen LogP contribution in [0.25, 0.3) is 5.57 Å². The average molecular weight is 358 g/mol. The molecule has 2 heterocycles. The third kappa shape index (κ3) is 2.93. The quantitative estimate of drug-likeness (QED) is 0.773. The van der Waals surface area contributed by atoms with Crippen LogP contribution in [0.1, 0.15) is 38.7 Å². The van der Waals surface area contributed by atoms with Crippen molar-refractivity contribution in [3.63, 3.8) is 0 Å². The topological polar surface area (TPSA) is 71.1 Å². The fraction of sp³-hybridized carbons (Fsp3) is 0.500. The van der Waals surface area contributed by atoms with Gasteiger partial charge in [-0.2, -0.15) is 0 Å². The van der Waals surface area contributed by atoms with Crippen molar-refractivity contribution in [2.75, 3.05) is 6.79 Å². The van der Waals surface area contributed by atoms with Crippen LogP contribution in [0.15, 0.2) is 24.5 Å². The Hall–Kier alpha value is -2.50. The molecule has 1 fully saturated rings. The molecule has 1 aliphatic carbocycles. The molecule has 0 spiro atoms. The molecule has 0 aromatic heterocycles. The van der Waals surface area contributed by atoms with Gasteiger partial charge < -0.3 is 18.9 Å². The highest BCUT2D eigenvalue weighted by Gasteiger charge is 2.45. The van der Waals surface area contributed by atoms with Crippen molar-refractivity contribution in [2.24, 2.45) is 11.8 Å². The SMILES string of the molecule is CCC1CC2C(=O)C(c3ccc4c(c3)OCO4)=COC2CC1OC(C)=O. The Morgan fingerprint density at radius 2 is 2.04 bits per heavy atom. The number of carbonyl (C=O) groups is 2. The van der Waals surface area contributed by atoms with Gasteiger partial charge in [-0.3, -0.25) is 9.59 Å². The number of carbonyl (C=O) groups excluding carboxylic acids is 2. The van der Waals surface area contributed by atoms with Crippen molar-refractivity contribution in [1.82, 2.24) is 0 Å². The summed E-state index contributed by atoms with van der Waals surface area (Å²) in [4.78, 5) is 24.5. The summed E-state index contributed by atoms with van der Waals surface area (Å²) < 4.78 is 22.1. The Morgan fingerprint density at radius 1 is 1.23 bits per heavy atom. The van der Waals surface area contributed by atoms with E-state index in [9.17, 15) is 9.59 Å². The number of benzene rings is 1. The molecule has 1 saturated carbocycles. The van der Waals surface area contributed by atoms with Gasteiger partial charge in [0.05, 0.1) is 17.8 Å². The van der Waals surface area contributed by atoms with Gasteiger partial charge in [0.15, 0.2) is 17.3 Å². The fourth-order valence-electron chi connectivity index (χ4n) is 4.12. The maximum atomic E-state index is 13.1. The van der Waals surface area contributed by atoms with E-state index in [-0.39, 0.29) is 42.6 Å². The molecular formula is C20H22O6. The van der Waals surface area contributed by atoms with E-state index in [0.717, 1.165) is 12.0 Å². The first-order valence-corrected chi connectivity index (χ1v) is 9.04. The minimum absolute atomic E-state index is 0.0832. The number of fused-ring (bicyclic) bond motifs is 2. The molecule has 6 heteroatoms. The number of Topliss-reactive ketones (excluding diaryl/α,β-unsaturated/α-hetero) is 1. The second-order valence-corrected chi connectivity index (χ2v) is 7.03. The van der Waals surface area contributed by atoms with Crippen molar-refractivity contribution in [1.29, 1.82) is 0 Å². The van der Waals surface area contributed by atoms with Crippen LogP contribution >= 0.6 is 0 Å². The van der Waals surface area contributed by atoms with Gasteiger partial charge >= 0.3 is 5.97 Å². The van der Waals surface area contributed by atoms with Crippen molar-refractivity contribution < 1.29 is 28.5 Å². The molecule has 3 aliphatic rings. The van der Waals surface area contributed by atoms with Gasteiger partial charge in [-0.15, -0.1) is 0 Å². The Morgan fingerprint density at radius 3 is 2.81 bits per heavy atom. The molecule has 6 nitrogen and oxygen atoms in total. The number of ketones is 1. The normalized spacial score (nSPS) is 29.5. The number of ether oxygens (including phenoxy) is 4. The first-order chi connectivity index (χ1) is 12.6. The van der Waals surface area contributed by atoms with Crippen molar-refractivity contribution in [2.45, 2.75) is 45.3 Å². The Kier molecular flexibility index (Phi) is 4.34. The first-order valence-electron chi connectivity index (χ1n) is 9.04. The number of hydrogen-bond donors (Lipinski definition) is 0. The summed E-state index contributed by atoms with van der Waals surface area (Å²) in [5.74, 6) is 1.08. The maximum Gasteiger partial charge on any atom is 0.302 e. The molecule has 138 valence electrons. The van der Waals surface area contributed by atoms with Crippen molar-refractivity contribution >= 4 is 17.3 Å². The summed E-state index contributed by atoms with van der Waals surface area (Å²) in [6, 6.07) is 5.48. The molecule has 0 amide bonds. The average Bonchev–Trinajstić information content (AvgIpc) is 3.09. The van der Waals surface area contributed by atoms with E-state index in [0.29, 0.717) is 29.9 Å². The van der Waals surface area contributed by atoms with E-state index in [1.54, 1.807) is 0 Å². The fourth-order valence-corrected chi connectivity index (χ4v) is 4.12. The summed E-state index contributed by atoms with van der Waals surface area (Å²) in [7, 11) is 0. The molecule has 1 aromatic carbocycles. The summed E-state index contributed by atoms with van der Waals surface area (Å²) in [6.45, 7) is 3.68. The largest absolute Gasteiger partial charge is 0.496 e. The third-order valence-electron chi connectivity index (χ3n) is 5.48. The van der Waals surface area contributed by atoms with Crippen LogP contribution < -0.4 is 9.47 Å². The van der Waals surface area contributed by atoms with E-state index in [1.807, 2.05) is 18.2 Å². The smallest absolute Gasteiger partial charge is 0.302 e. The van der Waals surface area contributed by atoms with Crippen LogP contribution in [0.2, 0.25) is 0 Å². The van der Waals surface area contributed by atoms with Crippen LogP contribution in [0, 0.1) is 11.8 Å². The lowest BCUT2D eigenvalue weighted by atomic mass is 9.72. The van der Waals surface area contributed by atoms with E-state index in [4.69, 9.17) is 18.9 Å². The number of hydrogen-bond acceptors (Lipinski definition) is 6. The van der Waals surface area contributed by atoms with Gasteiger partial charge in [0.1, 0.15) is 12.2 Å². The second kappa shape index (κ2) is 6.67. The van der Waals surface area contributed by atoms with E-state index >= 15 is 0 Å². The molecule has 26 heavy (non-hydrogen) atoms. The van der Waals surface area contributed by atoms with Gasteiger partial charge in [0.2, 0.25) is 6.79 Å². The van der Waals surface area contributed by atoms with E-state index in [1.165, 1.54) is 13.2 Å². The zero-order valence-corrected chi connectivity index (χ0v) is 14.9. The minimum Gasteiger partial charge on any atom is -0.496 e. The molecule has 0 radical (unpaired) electrons. The molecule has 0 N–H and O–H groups in total. The Labute approximate surface area is 152 Å². The van der Waals surface area contributed by atoms with Gasteiger partial charge in [-0.1, -0.05) is 13.0 Å². The highest BCUT2D eigenvalue weighted by Crippen LogP contribution is 2.42. The highest BCUT2D eigenvalue weighted by molar-refractivity contribution is 6.22. The van der Waals surface area contributed by atoms with Crippen LogP contribution in [-0.2, 0) is 19.1 Å². The molecule has 1 aromatic rings. The van der Waals surface area contributed by atoms with Crippen molar-refractivity contribution in [3.8, 4) is 11.5 Å². The van der Waals surface area contributed by atoms with Gasteiger partial charge in [0, 0.05) is 13.3 Å². The lowest BCUT2D eigenvalue weighted by Gasteiger charge is -2.41. The molecule has 0 saturated heterocycles. The van der Waals surface area contributed by atoms with Crippen LogP contribution in [-0.4, -0.2) is 30.8 Å². The lowest BCUT2D eigenvalue weighted by molar-refractivity contribution is -0.157. The molecular weight excluding hydrogens is 336 g/mol. The molecule has 4 rings (SSSR count). The zero-order valence-electron chi connectivity index (χ0n) is 14.9. The van der Waals surface area contributed by atoms with E-state index in [2.05, 4.69) is 6.92 Å². The highest BCUT2D eigenvalue weighted by atomic mass is 16.7. The first kappa shape index (κ1) is 16.9. The summed E-state index contributed by atoms with van der Waals surface area (Å²) >= 11 is 0. The monoisotopic (exact) mass is 358 g/mol.